The molecule has 1 saturated heterocycles. The first-order chi connectivity index (χ1) is 9.31. The molecule has 1 rings (SSSR count). The molecule has 1 aliphatic rings. The van der Waals surface area contributed by atoms with Gasteiger partial charge < -0.3 is 16.4 Å². The van der Waals surface area contributed by atoms with Crippen LogP contribution in [0.15, 0.2) is 0 Å². The number of carbonyl (C=O) groups is 3. The highest BCUT2D eigenvalue weighted by Crippen LogP contribution is 2.17. The van der Waals surface area contributed by atoms with Crippen molar-refractivity contribution in [1.29, 1.82) is 0 Å². The van der Waals surface area contributed by atoms with Crippen molar-refractivity contribution in [2.75, 3.05) is 6.54 Å². The predicted octanol–water partition coefficient (Wildman–Crippen LogP) is 0.165. The Balaban J connectivity index is 2.56. The minimum absolute atomic E-state index is 0.0688. The van der Waals surface area contributed by atoms with Crippen LogP contribution in [0.3, 0.4) is 0 Å². The van der Waals surface area contributed by atoms with Gasteiger partial charge in [-0.15, -0.1) is 0 Å². The fourth-order valence-electron chi connectivity index (χ4n) is 2.53. The van der Waals surface area contributed by atoms with Crippen LogP contribution in [0.25, 0.3) is 0 Å². The Kier molecular flexibility index (Phi) is 5.98. The van der Waals surface area contributed by atoms with Crippen LogP contribution in [-0.4, -0.2) is 30.3 Å². The van der Waals surface area contributed by atoms with Gasteiger partial charge in [0.1, 0.15) is 6.04 Å². The van der Waals surface area contributed by atoms with Gasteiger partial charge in [0.05, 0.1) is 0 Å². The van der Waals surface area contributed by atoms with E-state index >= 15 is 0 Å². The molecule has 0 spiro atoms. The van der Waals surface area contributed by atoms with Gasteiger partial charge >= 0.3 is 0 Å². The summed E-state index contributed by atoms with van der Waals surface area (Å²) < 4.78 is 0. The maximum atomic E-state index is 12.0. The minimum atomic E-state index is -0.772. The Labute approximate surface area is 119 Å². The van der Waals surface area contributed by atoms with Crippen LogP contribution in [-0.2, 0) is 14.4 Å². The zero-order chi connectivity index (χ0) is 15.3. The molecular formula is C14H25N3O3. The standard InChI is InChI=1S/C14H25N3O3/c1-8(2)6-9(3)13(19)17-11(12(15)18)7-10-4-5-16-14(10)20/h8-11H,4-7H2,1-3H3,(H2,15,18)(H,16,20)(H,17,19)/t9-,10-,11-/m0/s1. The van der Waals surface area contributed by atoms with Crippen molar-refractivity contribution in [3.8, 4) is 0 Å². The molecule has 1 fully saturated rings. The molecule has 6 heteroatoms. The second-order valence-electron chi connectivity index (χ2n) is 6.01. The van der Waals surface area contributed by atoms with Gasteiger partial charge in [-0.25, -0.2) is 0 Å². The average molecular weight is 283 g/mol. The summed E-state index contributed by atoms with van der Waals surface area (Å²) in [6, 6.07) is -0.772. The van der Waals surface area contributed by atoms with Crippen LogP contribution in [0, 0.1) is 17.8 Å². The molecule has 114 valence electrons. The maximum Gasteiger partial charge on any atom is 0.240 e. The molecule has 20 heavy (non-hydrogen) atoms. The number of nitrogens with two attached hydrogens (primary N) is 1. The molecule has 0 bridgehead atoms. The zero-order valence-electron chi connectivity index (χ0n) is 12.4. The molecule has 1 aliphatic heterocycles. The van der Waals surface area contributed by atoms with Crippen LogP contribution in [0.1, 0.15) is 40.0 Å². The van der Waals surface area contributed by atoms with Gasteiger partial charge in [-0.2, -0.15) is 0 Å². The number of primary amides is 1. The molecule has 0 saturated carbocycles. The van der Waals surface area contributed by atoms with Crippen LogP contribution in [0.2, 0.25) is 0 Å². The van der Waals surface area contributed by atoms with Crippen LogP contribution < -0.4 is 16.4 Å². The molecule has 0 aromatic heterocycles. The summed E-state index contributed by atoms with van der Waals surface area (Å²) in [6.45, 7) is 6.53. The molecule has 6 nitrogen and oxygen atoms in total. The van der Waals surface area contributed by atoms with E-state index < -0.39 is 11.9 Å². The van der Waals surface area contributed by atoms with Crippen molar-refractivity contribution in [2.45, 2.75) is 46.1 Å². The first kappa shape index (κ1) is 16.5. The van der Waals surface area contributed by atoms with Crippen LogP contribution >= 0.6 is 0 Å². The van der Waals surface area contributed by atoms with Crippen LogP contribution in [0.4, 0.5) is 0 Å². The number of nitrogens with one attached hydrogen (secondary N) is 2. The molecule has 4 N–H and O–H groups in total. The lowest BCUT2D eigenvalue weighted by Crippen LogP contribution is -2.47. The highest BCUT2D eigenvalue weighted by Gasteiger charge is 2.31. The normalized spacial score (nSPS) is 21.4. The van der Waals surface area contributed by atoms with Crippen molar-refractivity contribution in [3.63, 3.8) is 0 Å². The van der Waals surface area contributed by atoms with E-state index in [2.05, 4.69) is 10.6 Å². The monoisotopic (exact) mass is 283 g/mol. The second kappa shape index (κ2) is 7.26. The van der Waals surface area contributed by atoms with E-state index in [0.29, 0.717) is 18.9 Å². The van der Waals surface area contributed by atoms with Crippen molar-refractivity contribution in [1.82, 2.24) is 10.6 Å². The lowest BCUT2D eigenvalue weighted by molar-refractivity contribution is -0.131. The fourth-order valence-corrected chi connectivity index (χ4v) is 2.53. The second-order valence-corrected chi connectivity index (χ2v) is 6.01. The summed E-state index contributed by atoms with van der Waals surface area (Å²) in [5.41, 5.74) is 5.32. The van der Waals surface area contributed by atoms with Crippen molar-refractivity contribution in [2.24, 2.45) is 23.5 Å². The van der Waals surface area contributed by atoms with Crippen LogP contribution in [0.5, 0.6) is 0 Å². The molecule has 0 aliphatic carbocycles. The molecule has 1 heterocycles. The van der Waals surface area contributed by atoms with Gasteiger partial charge in [-0.1, -0.05) is 20.8 Å². The lowest BCUT2D eigenvalue weighted by Gasteiger charge is -2.21. The van der Waals surface area contributed by atoms with E-state index in [-0.39, 0.29) is 30.1 Å². The molecule has 3 amide bonds. The third-order valence-corrected chi connectivity index (χ3v) is 3.62. The SMILES string of the molecule is CC(C)C[C@H](C)C(=O)N[C@@H](C[C@@H]1CCNC1=O)C(N)=O. The molecule has 0 unspecified atom stereocenters. The first-order valence-corrected chi connectivity index (χ1v) is 7.18. The van der Waals surface area contributed by atoms with E-state index in [9.17, 15) is 14.4 Å². The molecule has 0 radical (unpaired) electrons. The summed E-state index contributed by atoms with van der Waals surface area (Å²) in [7, 11) is 0. The highest BCUT2D eigenvalue weighted by molar-refractivity contribution is 5.88. The topological polar surface area (TPSA) is 101 Å². The maximum absolute atomic E-state index is 12.0. The Morgan fingerprint density at radius 3 is 2.50 bits per heavy atom. The molecular weight excluding hydrogens is 258 g/mol. The van der Waals surface area contributed by atoms with Gasteiger partial charge in [0, 0.05) is 18.4 Å². The molecule has 3 atom stereocenters. The summed E-state index contributed by atoms with van der Waals surface area (Å²) in [5, 5.41) is 5.39. The van der Waals surface area contributed by atoms with Gasteiger partial charge in [-0.05, 0) is 25.2 Å². The van der Waals surface area contributed by atoms with Crippen molar-refractivity contribution >= 4 is 17.7 Å². The summed E-state index contributed by atoms with van der Waals surface area (Å²) >= 11 is 0. The number of carbonyl (C=O) groups excluding carboxylic acids is 3. The number of hydrogen-bond acceptors (Lipinski definition) is 3. The molecule has 0 aromatic carbocycles. The van der Waals surface area contributed by atoms with Gasteiger partial charge in [-0.3, -0.25) is 14.4 Å². The Morgan fingerprint density at radius 2 is 2.05 bits per heavy atom. The van der Waals surface area contributed by atoms with Gasteiger partial charge in [0.2, 0.25) is 17.7 Å². The van der Waals surface area contributed by atoms with E-state index in [4.69, 9.17) is 5.73 Å². The number of rotatable bonds is 7. The third kappa shape index (κ3) is 4.83. The predicted molar refractivity (Wildman–Crippen MR) is 75.5 cm³/mol. The minimum Gasteiger partial charge on any atom is -0.368 e. The van der Waals surface area contributed by atoms with Crippen molar-refractivity contribution in [3.05, 3.63) is 0 Å². The van der Waals surface area contributed by atoms with E-state index in [1.807, 2.05) is 20.8 Å². The Hall–Kier alpha value is -1.59. The van der Waals surface area contributed by atoms with E-state index in [0.717, 1.165) is 6.42 Å². The smallest absolute Gasteiger partial charge is 0.240 e. The highest BCUT2D eigenvalue weighted by atomic mass is 16.2. The van der Waals surface area contributed by atoms with E-state index in [1.54, 1.807) is 0 Å². The van der Waals surface area contributed by atoms with Crippen molar-refractivity contribution < 1.29 is 14.4 Å². The summed E-state index contributed by atoms with van der Waals surface area (Å²) in [4.78, 5) is 35.0. The quantitative estimate of drug-likeness (QED) is 0.620. The van der Waals surface area contributed by atoms with Gasteiger partial charge in [0.15, 0.2) is 0 Å². The Bertz CT molecular complexity index is 382. The first-order valence-electron chi connectivity index (χ1n) is 7.18. The Morgan fingerprint density at radius 1 is 1.40 bits per heavy atom. The average Bonchev–Trinajstić information content (AvgIpc) is 2.73. The fraction of sp³-hybridized carbons (Fsp3) is 0.786. The lowest BCUT2D eigenvalue weighted by atomic mass is 9.95. The number of hydrogen-bond donors (Lipinski definition) is 3. The van der Waals surface area contributed by atoms with E-state index in [1.165, 1.54) is 0 Å². The summed E-state index contributed by atoms with van der Waals surface area (Å²) in [6.07, 6.45) is 1.71. The van der Waals surface area contributed by atoms with Gasteiger partial charge in [0.25, 0.3) is 0 Å². The number of amides is 3. The largest absolute Gasteiger partial charge is 0.368 e. The zero-order valence-corrected chi connectivity index (χ0v) is 12.4. The third-order valence-electron chi connectivity index (χ3n) is 3.62. The summed E-state index contributed by atoms with van der Waals surface area (Å²) in [5.74, 6) is -0.845. The molecule has 0 aromatic rings.